The molecule has 0 radical (unpaired) electrons. The minimum absolute atomic E-state index is 0.322. The van der Waals surface area contributed by atoms with Crippen molar-refractivity contribution in [2.24, 2.45) is 4.99 Å². The van der Waals surface area contributed by atoms with Crippen LogP contribution in [0.3, 0.4) is 0 Å². The molecule has 5 nitrogen and oxygen atoms in total. The Hall–Kier alpha value is -1.78. The number of fused-ring (bicyclic) bond motifs is 1. The summed E-state index contributed by atoms with van der Waals surface area (Å²) in [5, 5.41) is 1.07. The quantitative estimate of drug-likeness (QED) is 0.577. The molecule has 5 heteroatoms. The minimum Gasteiger partial charge on any atom is -0.290 e. The first-order valence-electron chi connectivity index (χ1n) is 4.42. The van der Waals surface area contributed by atoms with Crippen LogP contribution in [0.2, 0.25) is 0 Å². The molecule has 1 amide bonds. The highest BCUT2D eigenvalue weighted by Gasteiger charge is 2.08. The average Bonchev–Trinajstić information content (AvgIpc) is 2.51. The van der Waals surface area contributed by atoms with Gasteiger partial charge >= 0.3 is 5.69 Å². The lowest BCUT2D eigenvalue weighted by Crippen LogP contribution is -2.43. The van der Waals surface area contributed by atoms with Crippen molar-refractivity contribution in [2.45, 2.75) is 19.9 Å². The van der Waals surface area contributed by atoms with Gasteiger partial charge in [-0.05, 0) is 6.42 Å². The first-order valence-corrected chi connectivity index (χ1v) is 4.42. The monoisotopic (exact) mass is 191 g/mol. The van der Waals surface area contributed by atoms with Crippen LogP contribution in [0.25, 0.3) is 6.08 Å². The Morgan fingerprint density at radius 1 is 1.43 bits per heavy atom. The highest BCUT2D eigenvalue weighted by Crippen LogP contribution is 1.82. The number of hydrogen-bond acceptors (Lipinski definition) is 3. The molecule has 0 atom stereocenters. The molecule has 0 fully saturated rings. The molecule has 0 N–H and O–H groups in total. The summed E-state index contributed by atoms with van der Waals surface area (Å²) in [6, 6.07) is 0. The van der Waals surface area contributed by atoms with E-state index in [0.717, 1.165) is 6.42 Å². The summed E-state index contributed by atoms with van der Waals surface area (Å²) in [5.41, 5.74) is -0.327. The molecule has 1 aromatic heterocycles. The van der Waals surface area contributed by atoms with Gasteiger partial charge in [-0.15, -0.1) is 0 Å². The highest BCUT2D eigenvalue weighted by atomic mass is 16.2. The van der Waals surface area contributed by atoms with Gasteiger partial charge in [0.05, 0.1) is 11.5 Å². The largest absolute Gasteiger partial charge is 0.348 e. The predicted octanol–water partition coefficient (Wildman–Crippen LogP) is -1.41. The van der Waals surface area contributed by atoms with Gasteiger partial charge in [-0.25, -0.2) is 9.79 Å². The van der Waals surface area contributed by atoms with Gasteiger partial charge in [-0.3, -0.25) is 9.36 Å². The fourth-order valence-corrected chi connectivity index (χ4v) is 1.44. The zero-order chi connectivity index (χ0) is 10.1. The molecule has 72 valence electrons. The van der Waals surface area contributed by atoms with Crippen LogP contribution in [0, 0.1) is 0 Å². The zero-order valence-electron chi connectivity index (χ0n) is 7.73. The lowest BCUT2D eigenvalue weighted by Gasteiger charge is -2.00. The Labute approximate surface area is 79.4 Å². The van der Waals surface area contributed by atoms with Gasteiger partial charge in [0.15, 0.2) is 0 Å². The van der Waals surface area contributed by atoms with Gasteiger partial charge in [0, 0.05) is 12.6 Å². The second-order valence-electron chi connectivity index (χ2n) is 3.06. The van der Waals surface area contributed by atoms with E-state index >= 15 is 0 Å². The standard InChI is InChI=1S/C9H9N3O2/c1-2-3-12-7-4-8(13)11-6(7)5-10-9(12)14/h4-5H,2-3H2,1H3. The summed E-state index contributed by atoms with van der Waals surface area (Å²) in [7, 11) is 0. The third-order valence-corrected chi connectivity index (χ3v) is 2.02. The Bertz CT molecular complexity index is 556. The van der Waals surface area contributed by atoms with E-state index < -0.39 is 0 Å². The van der Waals surface area contributed by atoms with Crippen LogP contribution in [-0.2, 0) is 11.3 Å². The Kier molecular flexibility index (Phi) is 1.99. The number of hydrogen-bond donors (Lipinski definition) is 0. The fourth-order valence-electron chi connectivity index (χ4n) is 1.44. The van der Waals surface area contributed by atoms with Crippen molar-refractivity contribution >= 4 is 12.0 Å². The van der Waals surface area contributed by atoms with Crippen molar-refractivity contribution in [2.75, 3.05) is 0 Å². The second-order valence-corrected chi connectivity index (χ2v) is 3.06. The fraction of sp³-hybridized carbons (Fsp3) is 0.333. The van der Waals surface area contributed by atoms with Crippen molar-refractivity contribution in [1.82, 2.24) is 9.55 Å². The Morgan fingerprint density at radius 2 is 2.21 bits per heavy atom. The topological polar surface area (TPSA) is 64.3 Å². The van der Waals surface area contributed by atoms with Gasteiger partial charge in [0.1, 0.15) is 5.36 Å². The van der Waals surface area contributed by atoms with Crippen LogP contribution in [0.4, 0.5) is 0 Å². The molecule has 0 aromatic carbocycles. The van der Waals surface area contributed by atoms with E-state index in [1.54, 1.807) is 0 Å². The lowest BCUT2D eigenvalue weighted by atomic mass is 10.4. The predicted molar refractivity (Wildman–Crippen MR) is 49.0 cm³/mol. The van der Waals surface area contributed by atoms with E-state index in [4.69, 9.17) is 0 Å². The van der Waals surface area contributed by atoms with Crippen molar-refractivity contribution < 1.29 is 4.79 Å². The molecule has 14 heavy (non-hydrogen) atoms. The van der Waals surface area contributed by atoms with Crippen LogP contribution >= 0.6 is 0 Å². The maximum absolute atomic E-state index is 11.4. The van der Waals surface area contributed by atoms with Crippen LogP contribution < -0.4 is 16.4 Å². The van der Waals surface area contributed by atoms with Crippen molar-refractivity contribution in [3.05, 3.63) is 27.4 Å². The van der Waals surface area contributed by atoms with Crippen LogP contribution in [0.15, 0.2) is 16.0 Å². The first kappa shape index (κ1) is 8.80. The number of aromatic nitrogens is 2. The summed E-state index contributed by atoms with van der Waals surface area (Å²) in [6.45, 7) is 2.52. The van der Waals surface area contributed by atoms with Gasteiger partial charge in [0.25, 0.3) is 5.91 Å². The lowest BCUT2D eigenvalue weighted by molar-refractivity contribution is -0.112. The third kappa shape index (κ3) is 1.26. The molecular formula is C9H9N3O2. The number of carbonyl (C=O) groups is 1. The number of rotatable bonds is 2. The summed E-state index contributed by atoms with van der Waals surface area (Å²) in [6.07, 6.45) is 3.53. The average molecular weight is 191 g/mol. The van der Waals surface area contributed by atoms with E-state index in [1.165, 1.54) is 16.8 Å². The Morgan fingerprint density at radius 3 is 2.93 bits per heavy atom. The molecule has 1 aromatic rings. The smallest absolute Gasteiger partial charge is 0.290 e. The number of carbonyl (C=O) groups excluding carboxylic acids is 1. The van der Waals surface area contributed by atoms with Crippen molar-refractivity contribution in [1.29, 1.82) is 0 Å². The third-order valence-electron chi connectivity index (χ3n) is 2.02. The molecule has 0 saturated heterocycles. The molecule has 0 aliphatic carbocycles. The molecule has 2 heterocycles. The van der Waals surface area contributed by atoms with E-state index in [2.05, 4.69) is 9.98 Å². The maximum atomic E-state index is 11.4. The van der Waals surface area contributed by atoms with Gasteiger partial charge in [-0.2, -0.15) is 4.98 Å². The molecule has 0 unspecified atom stereocenters. The molecule has 1 aliphatic heterocycles. The second kappa shape index (κ2) is 3.17. The van der Waals surface area contributed by atoms with Crippen molar-refractivity contribution in [3.8, 4) is 0 Å². The van der Waals surface area contributed by atoms with Gasteiger partial charge in [-0.1, -0.05) is 6.92 Å². The maximum Gasteiger partial charge on any atom is 0.348 e. The van der Waals surface area contributed by atoms with Crippen LogP contribution in [0.1, 0.15) is 13.3 Å². The van der Waals surface area contributed by atoms with Crippen LogP contribution in [-0.4, -0.2) is 15.5 Å². The molecule has 0 bridgehead atoms. The van der Waals surface area contributed by atoms with Gasteiger partial charge in [0.2, 0.25) is 0 Å². The summed E-state index contributed by atoms with van der Waals surface area (Å²) < 4.78 is 1.48. The number of amides is 1. The number of nitrogens with zero attached hydrogens (tertiary/aromatic N) is 3. The summed E-state index contributed by atoms with van der Waals surface area (Å²) >= 11 is 0. The molecule has 1 aliphatic rings. The Balaban J connectivity index is 2.80. The van der Waals surface area contributed by atoms with E-state index in [-0.39, 0.29) is 11.6 Å². The van der Waals surface area contributed by atoms with Crippen molar-refractivity contribution in [3.63, 3.8) is 0 Å². The summed E-state index contributed by atoms with van der Waals surface area (Å²) in [5.74, 6) is -0.322. The van der Waals surface area contributed by atoms with Gasteiger partial charge < -0.3 is 0 Å². The van der Waals surface area contributed by atoms with E-state index in [0.29, 0.717) is 17.3 Å². The molecule has 2 rings (SSSR count). The highest BCUT2D eigenvalue weighted by molar-refractivity contribution is 6.06. The van der Waals surface area contributed by atoms with E-state index in [9.17, 15) is 9.59 Å². The molecular weight excluding hydrogens is 182 g/mol. The summed E-state index contributed by atoms with van der Waals surface area (Å²) in [4.78, 5) is 29.7. The zero-order valence-corrected chi connectivity index (χ0v) is 7.73. The molecule has 0 saturated carbocycles. The van der Waals surface area contributed by atoms with Crippen LogP contribution in [0.5, 0.6) is 0 Å². The SMILES string of the molecule is CCCn1c(=O)ncc2c1=CC(=O)N=2. The minimum atomic E-state index is -0.327. The van der Waals surface area contributed by atoms with E-state index in [1.807, 2.05) is 6.92 Å². The molecule has 0 spiro atoms. The first-order chi connectivity index (χ1) is 6.72. The normalized spacial score (nSPS) is 13.4.